The van der Waals surface area contributed by atoms with E-state index in [4.69, 9.17) is 14.4 Å². The van der Waals surface area contributed by atoms with Gasteiger partial charge in [-0.2, -0.15) is 0 Å². The van der Waals surface area contributed by atoms with Crippen LogP contribution in [-0.4, -0.2) is 27.6 Å². The van der Waals surface area contributed by atoms with E-state index in [1.165, 1.54) is 60.2 Å². The number of furan rings is 1. The first-order valence-electron chi connectivity index (χ1n) is 27.4. The number of aromatic nitrogens is 4. The summed E-state index contributed by atoms with van der Waals surface area (Å²) in [4.78, 5) is 13.9. The van der Waals surface area contributed by atoms with Gasteiger partial charge in [0.25, 0.3) is 0 Å². The van der Waals surface area contributed by atoms with Crippen LogP contribution in [0.5, 0.6) is 0 Å². The van der Waals surface area contributed by atoms with Gasteiger partial charge in [-0.15, -0.1) is 0 Å². The fraction of sp³-hybridized carbons (Fsp3) is 0.153. The molecule has 0 bridgehead atoms. The summed E-state index contributed by atoms with van der Waals surface area (Å²) in [7, 11) is -1.33. The van der Waals surface area contributed by atoms with E-state index in [0.717, 1.165) is 74.1 Å². The Morgan fingerprint density at radius 3 is 1.76 bits per heavy atom. The molecule has 0 spiro atoms. The largest absolute Gasteiger partial charge is 0.455 e. The van der Waals surface area contributed by atoms with Gasteiger partial charge < -0.3 is 8.98 Å². The SMILES string of the molecule is CC(C)Cc1cc(-c2ccccc2)ncc1[Si](C)(C)C.CC(C)Cc1ccnc(-c2ccccc2)c1.[Ir].c1ccc(-n2c3ccccc3c3c(-c4ccc5c(c4)oc4c(-c6cc7ccccc7cn6)cccc45)cccc32)cc1. The molecule has 393 valence electrons. The standard InChI is InChI=1S/C39H24N2O.C18H25NSi.C15H17N.Ir/c1-2-12-28(13-3-1)41-35-18-7-6-14-33(35)38-29(15-9-19-36(38)41)26-20-21-30-31-16-8-17-32(39(31)42-37(30)23-26)34-22-25-10-4-5-11-27(25)24-40-34;1-14(2)11-16-12-17(15-9-7-6-8-10-15)19-13-18(16)20(3,4)5;1-12(2)10-13-8-9-16-15(11-13)14-6-4-3-5-7-14;/h1-24H;6-10,12-14H,11H2,1-5H3;3-9,11-12H,10H2,1-2H3;. The fourth-order valence-corrected chi connectivity index (χ4v) is 12.5. The molecule has 0 atom stereocenters. The van der Waals surface area contributed by atoms with E-state index in [1.54, 1.807) is 0 Å². The molecule has 0 aliphatic carbocycles. The third kappa shape index (κ3) is 11.9. The summed E-state index contributed by atoms with van der Waals surface area (Å²) >= 11 is 0. The van der Waals surface area contributed by atoms with E-state index in [9.17, 15) is 0 Å². The molecule has 0 aliphatic heterocycles. The maximum absolute atomic E-state index is 6.64. The number of benzene rings is 8. The van der Waals surface area contributed by atoms with Crippen molar-refractivity contribution >= 4 is 67.8 Å². The van der Waals surface area contributed by atoms with Gasteiger partial charge in [-0.1, -0.05) is 199 Å². The normalized spacial score (nSPS) is 11.5. The van der Waals surface area contributed by atoms with Crippen LogP contribution in [0, 0.1) is 11.8 Å². The molecule has 8 aromatic carbocycles. The summed E-state index contributed by atoms with van der Waals surface area (Å²) in [5.41, 5.74) is 16.9. The maximum atomic E-state index is 6.64. The van der Waals surface area contributed by atoms with Gasteiger partial charge in [-0.3, -0.25) is 15.0 Å². The molecule has 0 fully saturated rings. The van der Waals surface area contributed by atoms with Crippen LogP contribution in [0.3, 0.4) is 0 Å². The van der Waals surface area contributed by atoms with Crippen LogP contribution < -0.4 is 5.19 Å². The second-order valence-corrected chi connectivity index (χ2v) is 27.3. The maximum Gasteiger partial charge on any atom is 0.144 e. The molecule has 5 aromatic heterocycles. The predicted molar refractivity (Wildman–Crippen MR) is 334 cm³/mol. The second kappa shape index (κ2) is 23.9. The van der Waals surface area contributed by atoms with Crippen LogP contribution in [0.25, 0.3) is 105 Å². The summed E-state index contributed by atoms with van der Waals surface area (Å²) < 4.78 is 9.00. The summed E-state index contributed by atoms with van der Waals surface area (Å²) in [6.07, 6.45) is 8.23. The van der Waals surface area contributed by atoms with Gasteiger partial charge >= 0.3 is 0 Å². The van der Waals surface area contributed by atoms with E-state index in [0.29, 0.717) is 11.8 Å². The van der Waals surface area contributed by atoms with Crippen molar-refractivity contribution in [2.45, 2.75) is 60.2 Å². The van der Waals surface area contributed by atoms with E-state index >= 15 is 0 Å². The molecule has 0 amide bonds. The zero-order valence-electron chi connectivity index (χ0n) is 46.1. The molecule has 7 heteroatoms. The van der Waals surface area contributed by atoms with Crippen molar-refractivity contribution in [2.24, 2.45) is 11.8 Å². The molecular weight excluding hydrogens is 1160 g/mol. The zero-order valence-corrected chi connectivity index (χ0v) is 49.5. The minimum atomic E-state index is -1.33. The fourth-order valence-electron chi connectivity index (χ4n) is 10.9. The molecule has 13 rings (SSSR count). The van der Waals surface area contributed by atoms with Crippen molar-refractivity contribution in [3.63, 3.8) is 0 Å². The average molecular weight is 1220 g/mol. The van der Waals surface area contributed by atoms with Crippen LogP contribution in [0.1, 0.15) is 38.8 Å². The molecule has 79 heavy (non-hydrogen) atoms. The van der Waals surface area contributed by atoms with E-state index in [2.05, 4.69) is 257 Å². The van der Waals surface area contributed by atoms with Crippen molar-refractivity contribution in [2.75, 3.05) is 0 Å². The quantitative estimate of drug-likeness (QED) is 0.128. The molecule has 0 saturated carbocycles. The molecule has 0 saturated heterocycles. The Labute approximate surface area is 479 Å². The zero-order chi connectivity index (χ0) is 53.8. The van der Waals surface area contributed by atoms with Crippen molar-refractivity contribution in [1.29, 1.82) is 0 Å². The van der Waals surface area contributed by atoms with Crippen LogP contribution in [-0.2, 0) is 32.9 Å². The molecule has 0 aliphatic rings. The summed E-state index contributed by atoms with van der Waals surface area (Å²) in [5, 5.41) is 8.49. The third-order valence-electron chi connectivity index (χ3n) is 14.5. The molecular formula is C72H66IrN4OSi. The average Bonchev–Trinajstić information content (AvgIpc) is 4.26. The smallest absolute Gasteiger partial charge is 0.144 e. The molecule has 1 radical (unpaired) electrons. The van der Waals surface area contributed by atoms with E-state index < -0.39 is 8.07 Å². The molecule has 0 unspecified atom stereocenters. The summed E-state index contributed by atoms with van der Waals surface area (Å²) in [6.45, 7) is 16.3. The van der Waals surface area contributed by atoms with Gasteiger partial charge in [0.05, 0.1) is 36.2 Å². The Kier molecular flexibility index (Phi) is 16.4. The van der Waals surface area contributed by atoms with Crippen molar-refractivity contribution < 1.29 is 24.5 Å². The predicted octanol–water partition coefficient (Wildman–Crippen LogP) is 19.0. The first-order chi connectivity index (χ1) is 38.0. The Balaban J connectivity index is 0.000000158. The van der Waals surface area contributed by atoms with Crippen molar-refractivity contribution in [1.82, 2.24) is 19.5 Å². The van der Waals surface area contributed by atoms with E-state index in [1.807, 2.05) is 36.7 Å². The Bertz CT molecular complexity index is 4200. The third-order valence-corrected chi connectivity index (χ3v) is 16.5. The van der Waals surface area contributed by atoms with E-state index in [-0.39, 0.29) is 20.1 Å². The van der Waals surface area contributed by atoms with Gasteiger partial charge in [0.2, 0.25) is 0 Å². The molecule has 5 heterocycles. The summed E-state index contributed by atoms with van der Waals surface area (Å²) in [6, 6.07) is 76.7. The van der Waals surface area contributed by atoms with Gasteiger partial charge in [-0.05, 0) is 124 Å². The monoisotopic (exact) mass is 1220 g/mol. The first-order valence-corrected chi connectivity index (χ1v) is 30.9. The van der Waals surface area contributed by atoms with Crippen LogP contribution >= 0.6 is 0 Å². The van der Waals surface area contributed by atoms with Crippen molar-refractivity contribution in [3.8, 4) is 50.6 Å². The summed E-state index contributed by atoms with van der Waals surface area (Å²) in [5.74, 6) is 1.36. The van der Waals surface area contributed by atoms with Gasteiger partial charge in [0, 0.05) is 88.0 Å². The number of rotatable bonds is 10. The second-order valence-electron chi connectivity index (χ2n) is 22.3. The van der Waals surface area contributed by atoms with Crippen LogP contribution in [0.15, 0.2) is 241 Å². The Morgan fingerprint density at radius 1 is 0.456 bits per heavy atom. The molecule has 5 nitrogen and oxygen atoms in total. The van der Waals surface area contributed by atoms with Crippen LogP contribution in [0.2, 0.25) is 19.6 Å². The number of para-hydroxylation sites is 3. The topological polar surface area (TPSA) is 56.7 Å². The van der Waals surface area contributed by atoms with Gasteiger partial charge in [0.1, 0.15) is 11.2 Å². The number of hydrogen-bond acceptors (Lipinski definition) is 4. The van der Waals surface area contributed by atoms with Crippen molar-refractivity contribution in [3.05, 3.63) is 248 Å². The number of pyridine rings is 3. The Morgan fingerprint density at radius 2 is 1.05 bits per heavy atom. The first kappa shape index (κ1) is 54.3. The minimum absolute atomic E-state index is 0. The minimum Gasteiger partial charge on any atom is -0.455 e. The van der Waals surface area contributed by atoms with Gasteiger partial charge in [-0.25, -0.2) is 0 Å². The number of nitrogens with zero attached hydrogens (tertiary/aromatic N) is 4. The number of hydrogen-bond donors (Lipinski definition) is 0. The molecule has 13 aromatic rings. The van der Waals surface area contributed by atoms with Gasteiger partial charge in [0.15, 0.2) is 0 Å². The molecule has 0 N–H and O–H groups in total. The Hall–Kier alpha value is -8.06. The number of fused-ring (bicyclic) bond motifs is 7. The van der Waals surface area contributed by atoms with Crippen LogP contribution in [0.4, 0.5) is 0 Å².